The second kappa shape index (κ2) is 33.2. The number of hydrogen-bond acceptors (Lipinski definition) is 18. The Balaban J connectivity index is 1.72. The van der Waals surface area contributed by atoms with E-state index < -0.39 is 58.6 Å². The Bertz CT molecular complexity index is 2700. The number of aromatic nitrogens is 2. The third kappa shape index (κ3) is 28.7. The third-order valence-electron chi connectivity index (χ3n) is 10.0. The quantitative estimate of drug-likeness (QED) is 0.0164. The van der Waals surface area contributed by atoms with Crippen molar-refractivity contribution in [2.24, 2.45) is 21.5 Å². The number of carbonyl (C=O) groups is 8. The van der Waals surface area contributed by atoms with E-state index in [1.807, 2.05) is 0 Å². The van der Waals surface area contributed by atoms with Crippen molar-refractivity contribution >= 4 is 133 Å². The van der Waals surface area contributed by atoms with Crippen molar-refractivity contribution in [2.45, 2.75) is 154 Å². The van der Waals surface area contributed by atoms with Crippen molar-refractivity contribution in [3.05, 3.63) is 48.0 Å². The summed E-state index contributed by atoms with van der Waals surface area (Å²) in [6.45, 7) is 21.2. The van der Waals surface area contributed by atoms with E-state index in [4.69, 9.17) is 30.4 Å². The second-order valence-electron chi connectivity index (χ2n) is 22.8. The molecule has 1 heterocycles. The van der Waals surface area contributed by atoms with E-state index in [-0.39, 0.29) is 74.1 Å². The number of benzene rings is 2. The Morgan fingerprint density at radius 1 is 0.500 bits per heavy atom. The van der Waals surface area contributed by atoms with Gasteiger partial charge in [-0.2, -0.15) is 0 Å². The molecule has 458 valence electrons. The standard InChI is InChI=1S/C54H82B2N14O12S2/c1-51(2,3)79-47(75)67-45(68-48(76)80-52(4,5)6)59-21-15-13-17-39(71)63-33-25-31(55)27-35(41(33)83-23-19-57)65-43(73)37-29-38(62-30-61-37)44(74)66-36-28-32(56)26-34(42(36)84-24-20-58)64-40(72)18-14-16-22-60-46(69-49(77)81-53(7,8)9)70-50(78)82-54(10,11)12/h25-30H,13-24,55-58H2,1-12H3,(H,63,71)(H,64,72)(H,65,73)(H,66,74)(H2,59,67,68,75,76)(H2,60,69,70,77,78). The molecule has 0 saturated carbocycles. The lowest BCUT2D eigenvalue weighted by Crippen LogP contribution is -2.44. The average Bonchev–Trinajstić information content (AvgIpc) is 3.48. The molecule has 0 radical (unpaired) electrons. The summed E-state index contributed by atoms with van der Waals surface area (Å²) in [4.78, 5) is 122. The van der Waals surface area contributed by atoms with Gasteiger partial charge in [-0.3, -0.25) is 29.8 Å². The van der Waals surface area contributed by atoms with E-state index in [1.165, 1.54) is 29.6 Å². The van der Waals surface area contributed by atoms with Gasteiger partial charge in [0.05, 0.1) is 32.5 Å². The molecule has 0 fully saturated rings. The maximum atomic E-state index is 13.9. The SMILES string of the molecule is Bc1cc(NC(=O)CCCCN/C(=N/C(=O)OC(C)(C)C)NC(=O)OC(C)(C)C)c(SCCN)c(NC(=O)c2cc(C(=O)Nc3cc(B)cc(NC(=O)CCCCN/C(=N/C(=O)OC(C)(C)C)NC(=O)OC(C)(C)C)c3SCCN)ncn2)c1. The topological polar surface area (TPSA) is 372 Å². The Kier molecular flexibility index (Phi) is 28.0. The fourth-order valence-corrected chi connectivity index (χ4v) is 8.67. The predicted molar refractivity (Wildman–Crippen MR) is 334 cm³/mol. The number of guanidine groups is 2. The summed E-state index contributed by atoms with van der Waals surface area (Å²) in [5.41, 5.74) is 11.2. The van der Waals surface area contributed by atoms with Crippen LogP contribution in [0.1, 0.15) is 143 Å². The van der Waals surface area contributed by atoms with Crippen LogP contribution in [0.5, 0.6) is 0 Å². The van der Waals surface area contributed by atoms with Crippen molar-refractivity contribution in [1.29, 1.82) is 0 Å². The number of unbranched alkanes of at least 4 members (excludes halogenated alkanes) is 2. The smallest absolute Gasteiger partial charge is 0.437 e. The van der Waals surface area contributed by atoms with E-state index in [0.29, 0.717) is 80.7 Å². The number of nitrogens with two attached hydrogens (primary N) is 2. The zero-order chi connectivity index (χ0) is 63.0. The number of ether oxygens (including phenoxy) is 4. The molecule has 12 N–H and O–H groups in total. The summed E-state index contributed by atoms with van der Waals surface area (Å²) < 4.78 is 21.1. The highest BCUT2D eigenvalue weighted by molar-refractivity contribution is 7.99. The predicted octanol–water partition coefficient (Wildman–Crippen LogP) is 4.63. The number of alkyl carbamates (subject to hydrolysis) is 2. The minimum absolute atomic E-state index is 0.0887. The fourth-order valence-electron chi connectivity index (χ4n) is 6.97. The molecule has 0 unspecified atom stereocenters. The molecule has 0 bridgehead atoms. The Hall–Kier alpha value is -7.43. The Morgan fingerprint density at radius 2 is 0.833 bits per heavy atom. The van der Waals surface area contributed by atoms with Crippen molar-refractivity contribution in [3.8, 4) is 0 Å². The third-order valence-corrected chi connectivity index (χ3v) is 12.4. The average molecular weight is 1210 g/mol. The molecule has 3 aromatic rings. The number of thioether (sulfide) groups is 2. The molecular formula is C54H82B2N14O12S2. The highest BCUT2D eigenvalue weighted by Gasteiger charge is 2.25. The molecule has 30 heteroatoms. The summed E-state index contributed by atoms with van der Waals surface area (Å²) in [5.74, 6) is -1.47. The van der Waals surface area contributed by atoms with Crippen LogP contribution in [0, 0.1) is 0 Å². The molecule has 0 aliphatic heterocycles. The number of carbonyl (C=O) groups excluding carboxylic acids is 8. The molecule has 84 heavy (non-hydrogen) atoms. The molecular weight excluding hydrogens is 1120 g/mol. The summed E-state index contributed by atoms with van der Waals surface area (Å²) in [5, 5.41) is 22.3. The molecule has 0 atom stereocenters. The van der Waals surface area contributed by atoms with Crippen LogP contribution in [0.25, 0.3) is 0 Å². The first kappa shape index (κ1) is 70.8. The summed E-state index contributed by atoms with van der Waals surface area (Å²) in [6.07, 6.45) is -0.596. The normalized spacial score (nSPS) is 12.0. The minimum atomic E-state index is -0.924. The number of amides is 8. The number of aliphatic imine (C=N–C) groups is 2. The van der Waals surface area contributed by atoms with Gasteiger partial charge in [0, 0.05) is 56.6 Å². The molecule has 8 amide bonds. The highest BCUT2D eigenvalue weighted by Crippen LogP contribution is 2.36. The van der Waals surface area contributed by atoms with Crippen LogP contribution < -0.4 is 64.9 Å². The van der Waals surface area contributed by atoms with Gasteiger partial charge in [0.25, 0.3) is 11.8 Å². The monoisotopic (exact) mass is 1200 g/mol. The first-order valence-corrected chi connectivity index (χ1v) is 29.2. The maximum Gasteiger partial charge on any atom is 0.437 e. The Morgan fingerprint density at radius 3 is 1.15 bits per heavy atom. The van der Waals surface area contributed by atoms with E-state index in [2.05, 4.69) is 62.5 Å². The van der Waals surface area contributed by atoms with E-state index in [9.17, 15) is 38.4 Å². The lowest BCUT2D eigenvalue weighted by molar-refractivity contribution is -0.117. The highest BCUT2D eigenvalue weighted by atomic mass is 32.2. The van der Waals surface area contributed by atoms with Gasteiger partial charge in [-0.25, -0.2) is 29.1 Å². The van der Waals surface area contributed by atoms with Gasteiger partial charge in [0.2, 0.25) is 23.7 Å². The number of rotatable bonds is 22. The van der Waals surface area contributed by atoms with E-state index in [0.717, 1.165) is 6.33 Å². The number of nitrogens with zero attached hydrogens (tertiary/aromatic N) is 4. The van der Waals surface area contributed by atoms with Crippen LogP contribution in [-0.4, -0.2) is 146 Å². The molecule has 1 aromatic heterocycles. The van der Waals surface area contributed by atoms with Crippen LogP contribution in [0.2, 0.25) is 0 Å². The summed E-state index contributed by atoms with van der Waals surface area (Å²) >= 11 is 2.64. The summed E-state index contributed by atoms with van der Waals surface area (Å²) in [6, 6.07) is 8.24. The van der Waals surface area contributed by atoms with Gasteiger partial charge < -0.3 is 62.3 Å². The van der Waals surface area contributed by atoms with Crippen LogP contribution in [0.4, 0.5) is 41.9 Å². The molecule has 2 aromatic carbocycles. The van der Waals surface area contributed by atoms with Crippen molar-refractivity contribution < 1.29 is 57.3 Å². The molecule has 3 rings (SSSR count). The van der Waals surface area contributed by atoms with E-state index >= 15 is 0 Å². The zero-order valence-corrected chi connectivity index (χ0v) is 52.2. The van der Waals surface area contributed by atoms with Crippen molar-refractivity contribution in [1.82, 2.24) is 31.2 Å². The lowest BCUT2D eigenvalue weighted by atomic mass is 9.95. The molecule has 0 spiro atoms. The van der Waals surface area contributed by atoms with Crippen molar-refractivity contribution in [3.63, 3.8) is 0 Å². The van der Waals surface area contributed by atoms with Gasteiger partial charge in [0.15, 0.2) is 0 Å². The van der Waals surface area contributed by atoms with Gasteiger partial charge in [-0.15, -0.1) is 33.5 Å². The zero-order valence-electron chi connectivity index (χ0n) is 50.6. The van der Waals surface area contributed by atoms with Crippen LogP contribution >= 0.6 is 23.5 Å². The van der Waals surface area contributed by atoms with Crippen LogP contribution in [0.15, 0.2) is 56.4 Å². The van der Waals surface area contributed by atoms with Crippen LogP contribution in [-0.2, 0) is 28.5 Å². The van der Waals surface area contributed by atoms with Gasteiger partial charge in [0.1, 0.15) is 55.8 Å². The minimum Gasteiger partial charge on any atom is -0.444 e. The van der Waals surface area contributed by atoms with E-state index in [1.54, 1.807) is 123 Å². The first-order valence-electron chi connectivity index (χ1n) is 27.2. The van der Waals surface area contributed by atoms with Gasteiger partial charge in [-0.1, -0.05) is 10.9 Å². The number of nitrogens with one attached hydrogen (secondary N) is 8. The lowest BCUT2D eigenvalue weighted by Gasteiger charge is -2.21. The van der Waals surface area contributed by atoms with Gasteiger partial charge >= 0.3 is 24.4 Å². The fraction of sp³-hybridized carbons (Fsp3) is 0.519. The molecule has 0 aliphatic carbocycles. The second-order valence-corrected chi connectivity index (χ2v) is 25.1. The van der Waals surface area contributed by atoms with Crippen molar-refractivity contribution in [2.75, 3.05) is 59.0 Å². The summed E-state index contributed by atoms with van der Waals surface area (Å²) in [7, 11) is 3.59. The van der Waals surface area contributed by atoms with Crippen LogP contribution in [0.3, 0.4) is 0 Å². The molecule has 26 nitrogen and oxygen atoms in total. The largest absolute Gasteiger partial charge is 0.444 e. The molecule has 0 saturated heterocycles. The number of hydrogen-bond donors (Lipinski definition) is 10. The van der Waals surface area contributed by atoms with Gasteiger partial charge in [-0.05, 0) is 133 Å². The number of anilines is 4. The first-order chi connectivity index (χ1) is 39.1. The Labute approximate surface area is 501 Å². The maximum absolute atomic E-state index is 13.9. The molecule has 0 aliphatic rings.